The van der Waals surface area contributed by atoms with Gasteiger partial charge >= 0.3 is 6.09 Å². The zero-order valence-corrected chi connectivity index (χ0v) is 22.0. The van der Waals surface area contributed by atoms with Crippen molar-refractivity contribution in [2.24, 2.45) is 0 Å². The van der Waals surface area contributed by atoms with E-state index in [2.05, 4.69) is 15.7 Å². The van der Waals surface area contributed by atoms with Crippen molar-refractivity contribution in [1.29, 1.82) is 0 Å². The first-order valence-electron chi connectivity index (χ1n) is 12.6. The summed E-state index contributed by atoms with van der Waals surface area (Å²) in [6.07, 6.45) is 5.42. The smallest absolute Gasteiger partial charge is 0.410 e. The SMILES string of the molecule is COCCCn1cc(CN(C(=O)C2CN(C(=O)OC(C)(C)C)CCO2)C2CC2)c2c(OC)ccnc21. The van der Waals surface area contributed by atoms with Gasteiger partial charge < -0.3 is 33.3 Å². The van der Waals surface area contributed by atoms with E-state index in [-0.39, 0.29) is 18.5 Å². The molecule has 1 atom stereocenters. The summed E-state index contributed by atoms with van der Waals surface area (Å²) < 4.78 is 24.3. The molecule has 0 N–H and O–H groups in total. The van der Waals surface area contributed by atoms with Crippen LogP contribution in [0.15, 0.2) is 18.5 Å². The van der Waals surface area contributed by atoms with Crippen molar-refractivity contribution in [3.8, 4) is 5.75 Å². The highest BCUT2D eigenvalue weighted by Gasteiger charge is 2.40. The molecule has 4 rings (SSSR count). The molecule has 198 valence electrons. The number of hydrogen-bond acceptors (Lipinski definition) is 7. The van der Waals surface area contributed by atoms with Gasteiger partial charge in [-0.1, -0.05) is 0 Å². The quantitative estimate of drug-likeness (QED) is 0.486. The molecular formula is C26H38N4O6. The Morgan fingerprint density at radius 2 is 2.03 bits per heavy atom. The number of ether oxygens (including phenoxy) is 4. The highest BCUT2D eigenvalue weighted by atomic mass is 16.6. The highest BCUT2D eigenvalue weighted by molar-refractivity contribution is 5.88. The molecule has 2 fully saturated rings. The number of morpholine rings is 1. The Balaban J connectivity index is 1.55. The number of rotatable bonds is 9. The third-order valence-electron chi connectivity index (χ3n) is 6.37. The van der Waals surface area contributed by atoms with Crippen molar-refractivity contribution in [1.82, 2.24) is 19.4 Å². The molecule has 3 heterocycles. The molecule has 0 bridgehead atoms. The fourth-order valence-electron chi connectivity index (χ4n) is 4.54. The van der Waals surface area contributed by atoms with Gasteiger partial charge in [-0.2, -0.15) is 0 Å². The van der Waals surface area contributed by atoms with Crippen LogP contribution in [0.1, 0.15) is 45.6 Å². The van der Waals surface area contributed by atoms with Crippen LogP contribution in [0, 0.1) is 0 Å². The largest absolute Gasteiger partial charge is 0.496 e. The van der Waals surface area contributed by atoms with E-state index in [4.69, 9.17) is 18.9 Å². The average molecular weight is 503 g/mol. The maximum atomic E-state index is 13.7. The molecule has 1 aliphatic heterocycles. The minimum Gasteiger partial charge on any atom is -0.496 e. The van der Waals surface area contributed by atoms with Gasteiger partial charge in [0.15, 0.2) is 6.10 Å². The second-order valence-electron chi connectivity index (χ2n) is 10.4. The van der Waals surface area contributed by atoms with Crippen LogP contribution in [0.3, 0.4) is 0 Å². The fraction of sp³-hybridized carbons (Fsp3) is 0.654. The van der Waals surface area contributed by atoms with Crippen molar-refractivity contribution in [3.05, 3.63) is 24.0 Å². The van der Waals surface area contributed by atoms with Crippen LogP contribution >= 0.6 is 0 Å². The summed E-state index contributed by atoms with van der Waals surface area (Å²) in [5.41, 5.74) is 1.21. The minimum absolute atomic E-state index is 0.103. The lowest BCUT2D eigenvalue weighted by atomic mass is 10.1. The van der Waals surface area contributed by atoms with Gasteiger partial charge in [0, 0.05) is 57.3 Å². The fourth-order valence-corrected chi connectivity index (χ4v) is 4.54. The molecule has 1 saturated carbocycles. The Kier molecular flexibility index (Phi) is 8.04. The predicted octanol–water partition coefficient (Wildman–Crippen LogP) is 3.21. The second-order valence-corrected chi connectivity index (χ2v) is 10.4. The molecule has 1 unspecified atom stereocenters. The highest BCUT2D eigenvalue weighted by Crippen LogP contribution is 2.34. The first-order valence-corrected chi connectivity index (χ1v) is 12.6. The molecular weight excluding hydrogens is 464 g/mol. The molecule has 1 saturated heterocycles. The third-order valence-corrected chi connectivity index (χ3v) is 6.37. The summed E-state index contributed by atoms with van der Waals surface area (Å²) in [7, 11) is 3.34. The average Bonchev–Trinajstić information content (AvgIpc) is 3.63. The van der Waals surface area contributed by atoms with Crippen molar-refractivity contribution in [2.45, 2.75) is 70.9 Å². The molecule has 10 heteroatoms. The van der Waals surface area contributed by atoms with E-state index < -0.39 is 17.8 Å². The number of carbonyl (C=O) groups excluding carboxylic acids is 2. The second kappa shape index (κ2) is 11.0. The van der Waals surface area contributed by atoms with Crippen LogP contribution in [0.25, 0.3) is 11.0 Å². The molecule has 10 nitrogen and oxygen atoms in total. The molecule has 2 aromatic rings. The summed E-state index contributed by atoms with van der Waals surface area (Å²) in [4.78, 5) is 34.4. The lowest BCUT2D eigenvalue weighted by Gasteiger charge is -2.35. The van der Waals surface area contributed by atoms with E-state index >= 15 is 0 Å². The lowest BCUT2D eigenvalue weighted by Crippen LogP contribution is -2.53. The van der Waals surface area contributed by atoms with Crippen LogP contribution in [0.4, 0.5) is 4.79 Å². The molecule has 0 aromatic carbocycles. The molecule has 0 radical (unpaired) electrons. The number of carbonyl (C=O) groups is 2. The summed E-state index contributed by atoms with van der Waals surface area (Å²) >= 11 is 0. The van der Waals surface area contributed by atoms with Crippen LogP contribution in [0.5, 0.6) is 5.75 Å². The monoisotopic (exact) mass is 502 g/mol. The Hall–Kier alpha value is -2.85. The van der Waals surface area contributed by atoms with Crippen molar-refractivity contribution < 1.29 is 28.5 Å². The molecule has 0 spiro atoms. The zero-order valence-electron chi connectivity index (χ0n) is 22.0. The Morgan fingerprint density at radius 3 is 2.69 bits per heavy atom. The van der Waals surface area contributed by atoms with Gasteiger partial charge in [0.2, 0.25) is 0 Å². The zero-order chi connectivity index (χ0) is 25.9. The van der Waals surface area contributed by atoms with Gasteiger partial charge in [0.05, 0.1) is 25.6 Å². The van der Waals surface area contributed by atoms with Gasteiger partial charge in [0.25, 0.3) is 5.91 Å². The maximum absolute atomic E-state index is 13.7. The molecule has 1 aliphatic carbocycles. The van der Waals surface area contributed by atoms with Gasteiger partial charge in [-0.3, -0.25) is 4.79 Å². The maximum Gasteiger partial charge on any atom is 0.410 e. The van der Waals surface area contributed by atoms with Crippen LogP contribution in [0.2, 0.25) is 0 Å². The summed E-state index contributed by atoms with van der Waals surface area (Å²) in [6.45, 7) is 8.20. The molecule has 2 aromatic heterocycles. The number of fused-ring (bicyclic) bond motifs is 1. The van der Waals surface area contributed by atoms with Gasteiger partial charge in [0.1, 0.15) is 17.0 Å². The van der Waals surface area contributed by atoms with E-state index in [1.54, 1.807) is 25.3 Å². The van der Waals surface area contributed by atoms with Crippen LogP contribution in [-0.4, -0.2) is 89.6 Å². The van der Waals surface area contributed by atoms with Gasteiger partial charge in [-0.05, 0) is 46.1 Å². The van der Waals surface area contributed by atoms with E-state index in [1.807, 2.05) is 31.7 Å². The Labute approximate surface area is 212 Å². The number of pyridine rings is 1. The normalized spacial score (nSPS) is 18.4. The number of aromatic nitrogens is 2. The van der Waals surface area contributed by atoms with Gasteiger partial charge in [-0.25, -0.2) is 9.78 Å². The standard InChI is InChI=1S/C26H38N4O6/c1-26(2,3)36-25(32)29-12-14-35-21(17-29)24(31)30(19-7-8-19)16-18-15-28(11-6-13-33-4)23-22(18)20(34-5)9-10-27-23/h9-10,15,19,21H,6-8,11-14,16-17H2,1-5H3. The minimum atomic E-state index is -0.720. The predicted molar refractivity (Wildman–Crippen MR) is 134 cm³/mol. The lowest BCUT2D eigenvalue weighted by molar-refractivity contribution is -0.150. The number of nitrogens with zero attached hydrogens (tertiary/aromatic N) is 4. The van der Waals surface area contributed by atoms with Crippen molar-refractivity contribution in [2.75, 3.05) is 40.5 Å². The first-order chi connectivity index (χ1) is 17.2. The Morgan fingerprint density at radius 1 is 1.25 bits per heavy atom. The van der Waals surface area contributed by atoms with E-state index in [0.717, 1.165) is 48.2 Å². The summed E-state index contributed by atoms with van der Waals surface area (Å²) in [6, 6.07) is 2.00. The molecule has 36 heavy (non-hydrogen) atoms. The third kappa shape index (κ3) is 6.10. The van der Waals surface area contributed by atoms with E-state index in [1.165, 1.54) is 0 Å². The van der Waals surface area contributed by atoms with Crippen molar-refractivity contribution >= 4 is 23.0 Å². The Bertz CT molecular complexity index is 1070. The summed E-state index contributed by atoms with van der Waals surface area (Å²) in [5.74, 6) is 0.627. The number of amides is 2. The number of aryl methyl sites for hydroxylation is 1. The van der Waals surface area contributed by atoms with Crippen LogP contribution < -0.4 is 4.74 Å². The number of methoxy groups -OCH3 is 2. The summed E-state index contributed by atoms with van der Waals surface area (Å²) in [5, 5.41) is 0.913. The first kappa shape index (κ1) is 26.2. The molecule has 2 amide bonds. The van der Waals surface area contributed by atoms with E-state index in [9.17, 15) is 9.59 Å². The molecule has 2 aliphatic rings. The number of hydrogen-bond donors (Lipinski definition) is 0. The van der Waals surface area contributed by atoms with Crippen LogP contribution in [-0.2, 0) is 32.1 Å². The topological polar surface area (TPSA) is 95.4 Å². The van der Waals surface area contributed by atoms with Crippen molar-refractivity contribution in [3.63, 3.8) is 0 Å². The van der Waals surface area contributed by atoms with E-state index in [0.29, 0.717) is 26.3 Å². The van der Waals surface area contributed by atoms with Gasteiger partial charge in [-0.15, -0.1) is 0 Å².